The Hall–Kier alpha value is -1.35. The molecule has 1 N–H and O–H groups in total. The molecule has 0 radical (unpaired) electrons. The predicted octanol–water partition coefficient (Wildman–Crippen LogP) is 5.28. The van der Waals surface area contributed by atoms with Crippen LogP contribution in [0.15, 0.2) is 18.2 Å². The number of rotatable bonds is 7. The number of nitrogens with zero attached hydrogens (tertiary/aromatic N) is 1. The highest BCUT2D eigenvalue weighted by molar-refractivity contribution is 5.83. The minimum absolute atomic E-state index is 0.117. The van der Waals surface area contributed by atoms with Gasteiger partial charge in [0.1, 0.15) is 0 Å². The SMILES string of the molecule is CCN(CC)CCNC(=O)[C@]1(C)CCC[C@]2(C)c3ccc(C(C)C)cc3CC[C@@H]12. The van der Waals surface area contributed by atoms with Crippen LogP contribution < -0.4 is 5.32 Å². The van der Waals surface area contributed by atoms with Crippen LogP contribution in [-0.2, 0) is 16.6 Å². The van der Waals surface area contributed by atoms with E-state index in [4.69, 9.17) is 0 Å². The molecule has 3 nitrogen and oxygen atoms in total. The summed E-state index contributed by atoms with van der Waals surface area (Å²) in [6.07, 6.45) is 5.60. The van der Waals surface area contributed by atoms with Crippen molar-refractivity contribution in [3.05, 3.63) is 34.9 Å². The lowest BCUT2D eigenvalue weighted by Gasteiger charge is -2.54. The lowest BCUT2D eigenvalue weighted by Crippen LogP contribution is -2.55. The maximum absolute atomic E-state index is 13.4. The summed E-state index contributed by atoms with van der Waals surface area (Å²) in [4.78, 5) is 15.8. The quantitative estimate of drug-likeness (QED) is 0.678. The first kappa shape index (κ1) is 22.3. The van der Waals surface area contributed by atoms with Crippen molar-refractivity contribution < 1.29 is 4.79 Å². The van der Waals surface area contributed by atoms with Crippen LogP contribution in [0, 0.1) is 11.3 Å². The monoisotopic (exact) mass is 398 g/mol. The second-order valence-corrected chi connectivity index (χ2v) is 10.1. The minimum Gasteiger partial charge on any atom is -0.354 e. The predicted molar refractivity (Wildman–Crippen MR) is 122 cm³/mol. The molecule has 0 spiro atoms. The summed E-state index contributed by atoms with van der Waals surface area (Å²) in [5.74, 6) is 1.27. The number of fused-ring (bicyclic) bond motifs is 3. The fourth-order valence-electron chi connectivity index (χ4n) is 6.21. The highest BCUT2D eigenvalue weighted by Gasteiger charge is 2.54. The van der Waals surface area contributed by atoms with Gasteiger partial charge in [0.2, 0.25) is 5.91 Å². The summed E-state index contributed by atoms with van der Waals surface area (Å²) in [5.41, 5.74) is 4.34. The first-order chi connectivity index (χ1) is 13.8. The van der Waals surface area contributed by atoms with Crippen LogP contribution in [0.1, 0.15) is 89.8 Å². The van der Waals surface area contributed by atoms with Gasteiger partial charge in [0.25, 0.3) is 0 Å². The first-order valence-electron chi connectivity index (χ1n) is 11.9. The maximum atomic E-state index is 13.4. The standard InChI is InChI=1S/C26H42N2O/c1-7-28(8-2)17-16-27-24(29)26(6)15-9-14-25(5)22-12-10-20(19(3)4)18-21(22)11-13-23(25)26/h10,12,18-19,23H,7-9,11,13-17H2,1-6H3,(H,27,29)/t23-,25-,26-/m1/s1. The molecule has 29 heavy (non-hydrogen) atoms. The van der Waals surface area contributed by atoms with Gasteiger partial charge in [-0.2, -0.15) is 0 Å². The third-order valence-electron chi connectivity index (χ3n) is 8.17. The fourth-order valence-corrected chi connectivity index (χ4v) is 6.21. The van der Waals surface area contributed by atoms with Crippen LogP contribution in [0.2, 0.25) is 0 Å². The van der Waals surface area contributed by atoms with E-state index in [0.717, 1.165) is 51.9 Å². The van der Waals surface area contributed by atoms with Gasteiger partial charge in [0, 0.05) is 13.1 Å². The molecular weight excluding hydrogens is 356 g/mol. The van der Waals surface area contributed by atoms with Crippen LogP contribution in [0.25, 0.3) is 0 Å². The zero-order valence-electron chi connectivity index (χ0n) is 19.6. The average molecular weight is 399 g/mol. The summed E-state index contributed by atoms with van der Waals surface area (Å²) in [7, 11) is 0. The van der Waals surface area contributed by atoms with Crippen molar-refractivity contribution in [1.29, 1.82) is 0 Å². The van der Waals surface area contributed by atoms with E-state index in [9.17, 15) is 4.79 Å². The molecule has 2 aliphatic carbocycles. The normalized spacial score (nSPS) is 28.9. The van der Waals surface area contributed by atoms with Gasteiger partial charge in [-0.25, -0.2) is 0 Å². The van der Waals surface area contributed by atoms with E-state index in [1.54, 1.807) is 0 Å². The molecule has 0 unspecified atom stereocenters. The van der Waals surface area contributed by atoms with Gasteiger partial charge in [-0.15, -0.1) is 0 Å². The molecule has 0 aliphatic heterocycles. The molecule has 1 fully saturated rings. The van der Waals surface area contributed by atoms with E-state index in [2.05, 4.69) is 70.0 Å². The molecule has 1 amide bonds. The van der Waals surface area contributed by atoms with E-state index in [1.165, 1.54) is 23.1 Å². The number of nitrogens with one attached hydrogen (secondary N) is 1. The van der Waals surface area contributed by atoms with E-state index in [1.807, 2.05) is 0 Å². The summed E-state index contributed by atoms with van der Waals surface area (Å²) in [6, 6.07) is 7.16. The van der Waals surface area contributed by atoms with E-state index in [0.29, 0.717) is 11.8 Å². The zero-order valence-corrected chi connectivity index (χ0v) is 19.6. The molecule has 3 atom stereocenters. The minimum atomic E-state index is -0.259. The number of likely N-dealkylation sites (N-methyl/N-ethyl adjacent to an activating group) is 1. The number of carbonyl (C=O) groups excluding carboxylic acids is 1. The molecule has 0 saturated heterocycles. The Morgan fingerprint density at radius 2 is 1.93 bits per heavy atom. The molecule has 2 aliphatic rings. The van der Waals surface area contributed by atoms with Gasteiger partial charge in [-0.1, -0.05) is 66.2 Å². The van der Waals surface area contributed by atoms with Crippen LogP contribution in [0.3, 0.4) is 0 Å². The zero-order chi connectivity index (χ0) is 21.2. The van der Waals surface area contributed by atoms with Crippen molar-refractivity contribution in [2.75, 3.05) is 26.2 Å². The maximum Gasteiger partial charge on any atom is 0.226 e. The van der Waals surface area contributed by atoms with Crippen molar-refractivity contribution in [1.82, 2.24) is 10.2 Å². The van der Waals surface area contributed by atoms with Gasteiger partial charge in [-0.3, -0.25) is 4.79 Å². The van der Waals surface area contributed by atoms with Crippen molar-refractivity contribution in [2.45, 2.75) is 85.0 Å². The number of hydrogen-bond donors (Lipinski definition) is 1. The Bertz CT molecular complexity index is 723. The lowest BCUT2D eigenvalue weighted by molar-refractivity contribution is -0.139. The molecule has 3 heteroatoms. The molecule has 0 aromatic heterocycles. The summed E-state index contributed by atoms with van der Waals surface area (Å²) in [5, 5.41) is 3.31. The first-order valence-corrected chi connectivity index (χ1v) is 11.9. The second-order valence-electron chi connectivity index (χ2n) is 10.1. The molecule has 162 valence electrons. The number of amides is 1. The summed E-state index contributed by atoms with van der Waals surface area (Å²) in [6.45, 7) is 17.4. The number of benzene rings is 1. The fraction of sp³-hybridized carbons (Fsp3) is 0.731. The van der Waals surface area contributed by atoms with E-state index in [-0.39, 0.29) is 16.7 Å². The Kier molecular flexibility index (Phi) is 6.77. The third-order valence-corrected chi connectivity index (χ3v) is 8.17. The molecule has 1 saturated carbocycles. The van der Waals surface area contributed by atoms with Crippen molar-refractivity contribution in [2.24, 2.45) is 11.3 Å². The Labute approximate surface area is 178 Å². The van der Waals surface area contributed by atoms with E-state index >= 15 is 0 Å². The average Bonchev–Trinajstić information content (AvgIpc) is 2.70. The van der Waals surface area contributed by atoms with Gasteiger partial charge in [0.15, 0.2) is 0 Å². The molecule has 3 rings (SSSR count). The molecular formula is C26H42N2O. The molecule has 1 aromatic carbocycles. The summed E-state index contributed by atoms with van der Waals surface area (Å²) >= 11 is 0. The van der Waals surface area contributed by atoms with Crippen LogP contribution in [0.5, 0.6) is 0 Å². The van der Waals surface area contributed by atoms with Crippen molar-refractivity contribution >= 4 is 5.91 Å². The van der Waals surface area contributed by atoms with Crippen LogP contribution in [-0.4, -0.2) is 37.0 Å². The highest BCUT2D eigenvalue weighted by Crippen LogP contribution is 2.57. The second kappa shape index (κ2) is 8.79. The van der Waals surface area contributed by atoms with Crippen LogP contribution >= 0.6 is 0 Å². The number of hydrogen-bond acceptors (Lipinski definition) is 2. The number of carbonyl (C=O) groups is 1. The Balaban J connectivity index is 1.80. The van der Waals surface area contributed by atoms with Gasteiger partial charge >= 0.3 is 0 Å². The van der Waals surface area contributed by atoms with Crippen molar-refractivity contribution in [3.8, 4) is 0 Å². The van der Waals surface area contributed by atoms with E-state index < -0.39 is 0 Å². The van der Waals surface area contributed by atoms with Crippen molar-refractivity contribution in [3.63, 3.8) is 0 Å². The third kappa shape index (κ3) is 4.13. The molecule has 1 aromatic rings. The highest BCUT2D eigenvalue weighted by atomic mass is 16.2. The number of aryl methyl sites for hydroxylation is 1. The Morgan fingerprint density at radius 3 is 2.59 bits per heavy atom. The van der Waals surface area contributed by atoms with Gasteiger partial charge < -0.3 is 10.2 Å². The topological polar surface area (TPSA) is 32.3 Å². The van der Waals surface area contributed by atoms with Crippen LogP contribution in [0.4, 0.5) is 0 Å². The largest absolute Gasteiger partial charge is 0.354 e. The molecule has 0 heterocycles. The summed E-state index contributed by atoms with van der Waals surface area (Å²) < 4.78 is 0. The van der Waals surface area contributed by atoms with Gasteiger partial charge in [-0.05, 0) is 72.7 Å². The lowest BCUT2D eigenvalue weighted by atomic mass is 9.49. The molecule has 0 bridgehead atoms. The Morgan fingerprint density at radius 1 is 1.21 bits per heavy atom. The van der Waals surface area contributed by atoms with Gasteiger partial charge in [0.05, 0.1) is 5.41 Å². The smallest absolute Gasteiger partial charge is 0.226 e.